The first-order chi connectivity index (χ1) is 7.00. The van der Waals surface area contributed by atoms with Crippen LogP contribution in [0.25, 0.3) is 10.2 Å². The SMILES string of the molecule is Cc1cc2nc(N)sc2c(C(C)C)c1C. The Labute approximate surface area is 94.1 Å². The minimum Gasteiger partial charge on any atom is -0.375 e. The Morgan fingerprint density at radius 3 is 2.60 bits per heavy atom. The topological polar surface area (TPSA) is 38.9 Å². The standard InChI is InChI=1S/C12H16N2S/c1-6(2)10-8(4)7(3)5-9-11(10)15-12(13)14-9/h5-6H,1-4H3,(H2,13,14). The molecule has 0 amide bonds. The van der Waals surface area contributed by atoms with Crippen molar-refractivity contribution in [2.45, 2.75) is 33.6 Å². The Morgan fingerprint density at radius 2 is 2.00 bits per heavy atom. The van der Waals surface area contributed by atoms with Crippen LogP contribution in [0.5, 0.6) is 0 Å². The van der Waals surface area contributed by atoms with E-state index in [2.05, 4.69) is 38.7 Å². The average molecular weight is 220 g/mol. The van der Waals surface area contributed by atoms with Crippen LogP contribution in [0.2, 0.25) is 0 Å². The number of fused-ring (bicyclic) bond motifs is 1. The lowest BCUT2D eigenvalue weighted by molar-refractivity contribution is 0.865. The van der Waals surface area contributed by atoms with Gasteiger partial charge in [0.25, 0.3) is 0 Å². The summed E-state index contributed by atoms with van der Waals surface area (Å²) in [6.45, 7) is 8.75. The number of aromatic nitrogens is 1. The molecule has 0 aliphatic carbocycles. The minimum absolute atomic E-state index is 0.521. The Morgan fingerprint density at radius 1 is 1.33 bits per heavy atom. The summed E-state index contributed by atoms with van der Waals surface area (Å²) in [6, 6.07) is 2.13. The largest absolute Gasteiger partial charge is 0.375 e. The van der Waals surface area contributed by atoms with Gasteiger partial charge in [-0.2, -0.15) is 0 Å². The first kappa shape index (κ1) is 10.4. The van der Waals surface area contributed by atoms with E-state index in [0.29, 0.717) is 11.0 Å². The number of hydrogen-bond acceptors (Lipinski definition) is 3. The van der Waals surface area contributed by atoms with Crippen molar-refractivity contribution in [1.82, 2.24) is 4.98 Å². The third-order valence-corrected chi connectivity index (χ3v) is 3.77. The molecule has 0 saturated carbocycles. The molecule has 2 N–H and O–H groups in total. The zero-order chi connectivity index (χ0) is 11.2. The predicted molar refractivity (Wildman–Crippen MR) is 67.6 cm³/mol. The second-order valence-electron chi connectivity index (χ2n) is 4.29. The van der Waals surface area contributed by atoms with Gasteiger partial charge in [0.2, 0.25) is 0 Å². The zero-order valence-corrected chi connectivity index (χ0v) is 10.4. The van der Waals surface area contributed by atoms with Crippen LogP contribution in [0, 0.1) is 13.8 Å². The summed E-state index contributed by atoms with van der Waals surface area (Å²) in [6.07, 6.45) is 0. The quantitative estimate of drug-likeness (QED) is 0.797. The molecule has 0 unspecified atom stereocenters. The molecule has 0 radical (unpaired) electrons. The number of benzene rings is 1. The molecule has 80 valence electrons. The number of nitrogen functional groups attached to an aromatic ring is 1. The molecule has 0 bridgehead atoms. The highest BCUT2D eigenvalue weighted by Crippen LogP contribution is 2.35. The Balaban J connectivity index is 2.88. The first-order valence-corrected chi connectivity index (χ1v) is 5.98. The van der Waals surface area contributed by atoms with Crippen molar-refractivity contribution in [1.29, 1.82) is 0 Å². The molecule has 15 heavy (non-hydrogen) atoms. The van der Waals surface area contributed by atoms with Crippen LogP contribution >= 0.6 is 11.3 Å². The maximum absolute atomic E-state index is 5.77. The predicted octanol–water partition coefficient (Wildman–Crippen LogP) is 3.62. The van der Waals surface area contributed by atoms with E-state index in [1.165, 1.54) is 21.4 Å². The van der Waals surface area contributed by atoms with Gasteiger partial charge in [0.1, 0.15) is 0 Å². The van der Waals surface area contributed by atoms with Crippen molar-refractivity contribution in [2.24, 2.45) is 0 Å². The van der Waals surface area contributed by atoms with Crippen molar-refractivity contribution in [2.75, 3.05) is 5.73 Å². The summed E-state index contributed by atoms with van der Waals surface area (Å²) < 4.78 is 1.26. The highest BCUT2D eigenvalue weighted by atomic mass is 32.1. The van der Waals surface area contributed by atoms with E-state index in [4.69, 9.17) is 5.73 Å². The summed E-state index contributed by atoms with van der Waals surface area (Å²) in [5.41, 5.74) is 10.9. The van der Waals surface area contributed by atoms with E-state index in [9.17, 15) is 0 Å². The summed E-state index contributed by atoms with van der Waals surface area (Å²) in [5, 5.41) is 0.664. The molecule has 3 heteroatoms. The smallest absolute Gasteiger partial charge is 0.181 e. The Kier molecular flexibility index (Phi) is 2.43. The van der Waals surface area contributed by atoms with E-state index in [1.807, 2.05) is 0 Å². The van der Waals surface area contributed by atoms with E-state index in [0.717, 1.165) is 5.52 Å². The highest BCUT2D eigenvalue weighted by Gasteiger charge is 2.14. The maximum Gasteiger partial charge on any atom is 0.181 e. The number of thiazole rings is 1. The Hall–Kier alpha value is -1.09. The molecule has 0 aliphatic heterocycles. The maximum atomic E-state index is 5.77. The van der Waals surface area contributed by atoms with E-state index in [1.54, 1.807) is 11.3 Å². The lowest BCUT2D eigenvalue weighted by Gasteiger charge is -2.12. The second-order valence-corrected chi connectivity index (χ2v) is 5.32. The normalized spacial score (nSPS) is 11.5. The number of anilines is 1. The molecule has 0 saturated heterocycles. The molecule has 2 nitrogen and oxygen atoms in total. The molecule has 0 aliphatic rings. The summed E-state index contributed by atoms with van der Waals surface area (Å²) >= 11 is 1.60. The van der Waals surface area contributed by atoms with Crippen molar-refractivity contribution in [3.8, 4) is 0 Å². The highest BCUT2D eigenvalue weighted by molar-refractivity contribution is 7.22. The van der Waals surface area contributed by atoms with Gasteiger partial charge in [-0.3, -0.25) is 0 Å². The molecule has 0 fully saturated rings. The number of hydrogen-bond donors (Lipinski definition) is 1. The molecule has 1 heterocycles. The molecule has 1 aromatic carbocycles. The molecular weight excluding hydrogens is 204 g/mol. The van der Waals surface area contributed by atoms with Gasteiger partial charge in [-0.05, 0) is 42.5 Å². The van der Waals surface area contributed by atoms with Gasteiger partial charge < -0.3 is 5.73 Å². The lowest BCUT2D eigenvalue weighted by Crippen LogP contribution is -1.95. The van der Waals surface area contributed by atoms with Crippen molar-refractivity contribution >= 4 is 26.7 Å². The van der Waals surface area contributed by atoms with Gasteiger partial charge in [-0.1, -0.05) is 25.2 Å². The van der Waals surface area contributed by atoms with Crippen molar-refractivity contribution < 1.29 is 0 Å². The number of rotatable bonds is 1. The summed E-state index contributed by atoms with van der Waals surface area (Å²) in [4.78, 5) is 4.35. The fourth-order valence-corrected chi connectivity index (χ4v) is 3.09. The van der Waals surface area contributed by atoms with E-state index < -0.39 is 0 Å². The average Bonchev–Trinajstić information content (AvgIpc) is 2.46. The van der Waals surface area contributed by atoms with Gasteiger partial charge in [0.05, 0.1) is 10.2 Å². The molecule has 0 spiro atoms. The van der Waals surface area contributed by atoms with Crippen LogP contribution in [-0.2, 0) is 0 Å². The second kappa shape index (κ2) is 3.49. The van der Waals surface area contributed by atoms with Gasteiger partial charge >= 0.3 is 0 Å². The van der Waals surface area contributed by atoms with Gasteiger partial charge in [0.15, 0.2) is 5.13 Å². The van der Waals surface area contributed by atoms with E-state index >= 15 is 0 Å². The molecule has 2 rings (SSSR count). The van der Waals surface area contributed by atoms with E-state index in [-0.39, 0.29) is 0 Å². The van der Waals surface area contributed by atoms with Crippen molar-refractivity contribution in [3.05, 3.63) is 22.8 Å². The monoisotopic (exact) mass is 220 g/mol. The third kappa shape index (κ3) is 1.61. The van der Waals surface area contributed by atoms with Crippen LogP contribution in [0.4, 0.5) is 5.13 Å². The number of nitrogens with zero attached hydrogens (tertiary/aromatic N) is 1. The summed E-state index contributed by atoms with van der Waals surface area (Å²) in [5.74, 6) is 0.521. The number of aryl methyl sites for hydroxylation is 1. The molecule has 1 aromatic heterocycles. The Bertz CT molecular complexity index is 512. The van der Waals surface area contributed by atoms with Gasteiger partial charge in [0, 0.05) is 0 Å². The fourth-order valence-electron chi connectivity index (χ4n) is 2.03. The molecule has 2 aromatic rings. The van der Waals surface area contributed by atoms with Crippen molar-refractivity contribution in [3.63, 3.8) is 0 Å². The first-order valence-electron chi connectivity index (χ1n) is 5.16. The lowest BCUT2D eigenvalue weighted by atomic mass is 9.94. The molecule has 0 atom stereocenters. The summed E-state index contributed by atoms with van der Waals surface area (Å²) in [7, 11) is 0. The fraction of sp³-hybridized carbons (Fsp3) is 0.417. The van der Waals surface area contributed by atoms with Crippen LogP contribution < -0.4 is 5.73 Å². The zero-order valence-electron chi connectivity index (χ0n) is 9.59. The molecular formula is C12H16N2S. The van der Waals surface area contributed by atoms with Crippen LogP contribution in [0.3, 0.4) is 0 Å². The van der Waals surface area contributed by atoms with Crippen LogP contribution in [0.1, 0.15) is 36.5 Å². The number of nitrogens with two attached hydrogens (primary N) is 1. The van der Waals surface area contributed by atoms with Crippen LogP contribution in [-0.4, -0.2) is 4.98 Å². The van der Waals surface area contributed by atoms with Crippen LogP contribution in [0.15, 0.2) is 6.07 Å². The third-order valence-electron chi connectivity index (χ3n) is 2.84. The van der Waals surface area contributed by atoms with Gasteiger partial charge in [-0.15, -0.1) is 0 Å². The van der Waals surface area contributed by atoms with Gasteiger partial charge in [-0.25, -0.2) is 4.98 Å². The minimum atomic E-state index is 0.521.